The van der Waals surface area contributed by atoms with Crippen molar-refractivity contribution in [3.63, 3.8) is 0 Å². The summed E-state index contributed by atoms with van der Waals surface area (Å²) in [6.07, 6.45) is 14.4. The van der Waals surface area contributed by atoms with Crippen molar-refractivity contribution < 1.29 is 9.90 Å². The largest absolute Gasteiger partial charge is 0.481 e. The van der Waals surface area contributed by atoms with Gasteiger partial charge in [0.1, 0.15) is 0 Å². The van der Waals surface area contributed by atoms with Gasteiger partial charge in [0.15, 0.2) is 0 Å². The number of unbranched alkanes of at least 4 members (excludes halogenated alkanes) is 10. The summed E-state index contributed by atoms with van der Waals surface area (Å²) in [5, 5.41) is 8.46. The number of aliphatic carboxylic acids is 1. The Morgan fingerprint density at radius 1 is 0.947 bits per heavy atom. The van der Waals surface area contributed by atoms with Gasteiger partial charge in [0.2, 0.25) is 0 Å². The first-order chi connectivity index (χ1) is 9.18. The van der Waals surface area contributed by atoms with Crippen LogP contribution in [0.1, 0.15) is 84.0 Å². The predicted octanol–water partition coefficient (Wildman–Crippen LogP) is 5.65. The monoisotopic (exact) mass is 271 g/mol. The quantitative estimate of drug-likeness (QED) is 0.207. The van der Waals surface area contributed by atoms with E-state index >= 15 is 0 Å². The minimum atomic E-state index is -0.657. The molecule has 0 saturated carbocycles. The molecular formula is C14H29N3O2. The Morgan fingerprint density at radius 2 is 1.26 bits per heavy atom. The summed E-state index contributed by atoms with van der Waals surface area (Å²) in [4.78, 5) is 12.0. The molecule has 0 unspecified atom stereocenters. The SMILES string of the molecule is CCCCCCCCCCCCCC(=O)O.[N-]=[N+]=N. The molecule has 0 aliphatic rings. The van der Waals surface area contributed by atoms with Crippen molar-refractivity contribution >= 4 is 5.97 Å². The lowest BCUT2D eigenvalue weighted by Gasteiger charge is -2.01. The number of nitrogens with one attached hydrogen (secondary N) is 1. The van der Waals surface area contributed by atoms with Gasteiger partial charge in [0.05, 0.1) is 0 Å². The van der Waals surface area contributed by atoms with Crippen LogP contribution in [0, 0.1) is 5.53 Å². The van der Waals surface area contributed by atoms with Gasteiger partial charge in [-0.3, -0.25) is 4.79 Å². The van der Waals surface area contributed by atoms with Crippen molar-refractivity contribution in [1.82, 2.24) is 0 Å². The fourth-order valence-corrected chi connectivity index (χ4v) is 1.94. The molecule has 0 bridgehead atoms. The van der Waals surface area contributed by atoms with Crippen LogP contribution in [0.25, 0.3) is 10.4 Å². The van der Waals surface area contributed by atoms with Crippen molar-refractivity contribution in [2.45, 2.75) is 84.0 Å². The molecule has 0 aromatic heterocycles. The minimum absolute atomic E-state index is 0.344. The van der Waals surface area contributed by atoms with Crippen LogP contribution in [-0.4, -0.2) is 11.1 Å². The summed E-state index contributed by atoms with van der Waals surface area (Å²) < 4.78 is 0. The highest BCUT2D eigenvalue weighted by Crippen LogP contribution is 2.11. The van der Waals surface area contributed by atoms with Crippen LogP contribution in [0.2, 0.25) is 0 Å². The second kappa shape index (κ2) is 19.1. The number of hydrogen-bond donors (Lipinski definition) is 2. The summed E-state index contributed by atoms with van der Waals surface area (Å²) in [6.45, 7) is 2.25. The van der Waals surface area contributed by atoms with E-state index in [0.29, 0.717) is 6.42 Å². The van der Waals surface area contributed by atoms with Crippen LogP contribution in [0.4, 0.5) is 0 Å². The van der Waals surface area contributed by atoms with Gasteiger partial charge in [-0.2, -0.15) is 0 Å². The second-order valence-corrected chi connectivity index (χ2v) is 4.78. The number of carbonyl (C=O) groups is 1. The zero-order chi connectivity index (χ0) is 14.8. The molecule has 0 spiro atoms. The summed E-state index contributed by atoms with van der Waals surface area (Å²) >= 11 is 0. The van der Waals surface area contributed by atoms with E-state index in [1.54, 1.807) is 4.91 Å². The summed E-state index contributed by atoms with van der Waals surface area (Å²) in [6, 6.07) is 0. The maximum Gasteiger partial charge on any atom is 0.303 e. The summed E-state index contributed by atoms with van der Waals surface area (Å²) in [5.41, 5.74) is 12.2. The fraction of sp³-hybridized carbons (Fsp3) is 0.929. The van der Waals surface area contributed by atoms with Gasteiger partial charge >= 0.3 is 5.97 Å². The Bertz CT molecular complexity index is 227. The molecule has 0 aliphatic heterocycles. The molecule has 0 fully saturated rings. The number of carboxylic acids is 1. The van der Waals surface area contributed by atoms with E-state index in [2.05, 4.69) is 6.92 Å². The average Bonchev–Trinajstić information content (AvgIpc) is 2.36. The minimum Gasteiger partial charge on any atom is -0.481 e. The van der Waals surface area contributed by atoms with Crippen molar-refractivity contribution in [3.8, 4) is 0 Å². The van der Waals surface area contributed by atoms with E-state index in [9.17, 15) is 4.79 Å². The van der Waals surface area contributed by atoms with E-state index in [4.69, 9.17) is 16.2 Å². The molecule has 0 amide bonds. The van der Waals surface area contributed by atoms with Crippen molar-refractivity contribution in [2.24, 2.45) is 0 Å². The maximum atomic E-state index is 10.3. The molecular weight excluding hydrogens is 242 g/mol. The van der Waals surface area contributed by atoms with E-state index in [-0.39, 0.29) is 0 Å². The first-order valence-corrected chi connectivity index (χ1v) is 7.41. The molecule has 0 aromatic rings. The normalized spacial score (nSPS) is 9.32. The zero-order valence-corrected chi connectivity index (χ0v) is 12.2. The second-order valence-electron chi connectivity index (χ2n) is 4.78. The number of rotatable bonds is 12. The molecule has 112 valence electrons. The zero-order valence-electron chi connectivity index (χ0n) is 12.2. The third kappa shape index (κ3) is 26.4. The lowest BCUT2D eigenvalue weighted by molar-refractivity contribution is -0.137. The molecule has 0 heterocycles. The number of nitrogens with zero attached hydrogens (tertiary/aromatic N) is 2. The molecule has 0 rings (SSSR count). The first-order valence-electron chi connectivity index (χ1n) is 7.41. The molecule has 5 nitrogen and oxygen atoms in total. The highest BCUT2D eigenvalue weighted by molar-refractivity contribution is 5.66. The maximum absolute atomic E-state index is 10.3. The average molecular weight is 271 g/mol. The molecule has 0 radical (unpaired) electrons. The van der Waals surface area contributed by atoms with Crippen LogP contribution in [0.15, 0.2) is 0 Å². The van der Waals surface area contributed by atoms with E-state index < -0.39 is 5.97 Å². The first kappa shape index (κ1) is 20.1. The topological polar surface area (TPSA) is 97.5 Å². The van der Waals surface area contributed by atoms with Crippen LogP contribution < -0.4 is 0 Å². The lowest BCUT2D eigenvalue weighted by Crippen LogP contribution is -1.93. The summed E-state index contributed by atoms with van der Waals surface area (Å²) in [7, 11) is 0. The summed E-state index contributed by atoms with van der Waals surface area (Å²) in [5.74, 6) is -0.657. The van der Waals surface area contributed by atoms with Gasteiger partial charge in [-0.25, -0.2) is 0 Å². The Morgan fingerprint density at radius 3 is 1.58 bits per heavy atom. The van der Waals surface area contributed by atoms with E-state index in [1.165, 1.54) is 57.8 Å². The van der Waals surface area contributed by atoms with Crippen LogP contribution >= 0.6 is 0 Å². The predicted molar refractivity (Wildman–Crippen MR) is 78.2 cm³/mol. The Hall–Kier alpha value is -1.22. The molecule has 0 saturated heterocycles. The van der Waals surface area contributed by atoms with Gasteiger partial charge in [0.25, 0.3) is 0 Å². The van der Waals surface area contributed by atoms with E-state index in [0.717, 1.165) is 12.8 Å². The standard InChI is InChI=1S/C14H28O2.HN3/c1-2-3-4-5-6-7-8-9-10-11-12-13-14(15)16;1-3-2/h2-13H2,1H3,(H,15,16);1H. The van der Waals surface area contributed by atoms with Gasteiger partial charge in [0, 0.05) is 6.42 Å². The molecule has 0 atom stereocenters. The third-order valence-corrected chi connectivity index (χ3v) is 2.99. The van der Waals surface area contributed by atoms with Crippen LogP contribution in [0.5, 0.6) is 0 Å². The highest BCUT2D eigenvalue weighted by atomic mass is 16.4. The van der Waals surface area contributed by atoms with Crippen LogP contribution in [0.3, 0.4) is 0 Å². The van der Waals surface area contributed by atoms with Gasteiger partial charge in [-0.1, -0.05) is 71.1 Å². The van der Waals surface area contributed by atoms with Gasteiger partial charge in [-0.15, -0.1) is 5.53 Å². The Balaban J connectivity index is 0. The van der Waals surface area contributed by atoms with E-state index in [1.807, 2.05) is 0 Å². The van der Waals surface area contributed by atoms with Crippen molar-refractivity contribution in [2.75, 3.05) is 0 Å². The van der Waals surface area contributed by atoms with Crippen LogP contribution in [-0.2, 0) is 4.79 Å². The smallest absolute Gasteiger partial charge is 0.303 e. The van der Waals surface area contributed by atoms with Crippen molar-refractivity contribution in [1.29, 1.82) is 5.53 Å². The van der Waals surface area contributed by atoms with Crippen molar-refractivity contribution in [3.05, 3.63) is 10.4 Å². The molecule has 2 N–H and O–H groups in total. The molecule has 0 aromatic carbocycles. The molecule has 19 heavy (non-hydrogen) atoms. The fourth-order valence-electron chi connectivity index (χ4n) is 1.94. The molecule has 0 aliphatic carbocycles. The van der Waals surface area contributed by atoms with Gasteiger partial charge in [-0.05, 0) is 16.9 Å². The van der Waals surface area contributed by atoms with Gasteiger partial charge < -0.3 is 5.11 Å². The third-order valence-electron chi connectivity index (χ3n) is 2.99. The Labute approximate surface area is 116 Å². The lowest BCUT2D eigenvalue weighted by atomic mass is 10.1. The number of carboxylic acid groups (broad SMARTS) is 1. The highest BCUT2D eigenvalue weighted by Gasteiger charge is 1.96. The number of hydrogen-bond acceptors (Lipinski definition) is 2. The Kier molecular flexibility index (Phi) is 20.2. The molecule has 5 heteroatoms.